The molecule has 0 aromatic carbocycles. The zero-order chi connectivity index (χ0) is 6.85. The summed E-state index contributed by atoms with van der Waals surface area (Å²) in [4.78, 5) is 22.5. The quantitative estimate of drug-likeness (QED) is 0.359. The van der Waals surface area contributed by atoms with E-state index in [1.807, 2.05) is 0 Å². The van der Waals surface area contributed by atoms with E-state index < -0.39 is 16.5 Å². The highest BCUT2D eigenvalue weighted by atomic mass is 16.6. The second-order valence-corrected chi connectivity index (χ2v) is 1.39. The van der Waals surface area contributed by atoms with Crippen molar-refractivity contribution in [3.63, 3.8) is 0 Å². The van der Waals surface area contributed by atoms with Crippen molar-refractivity contribution in [2.24, 2.45) is 4.99 Å². The molecule has 0 N–H and O–H groups in total. The number of nitrogens with zero attached hydrogens (tertiary/aromatic N) is 2. The first kappa shape index (κ1) is 5.61. The van der Waals surface area contributed by atoms with Crippen molar-refractivity contribution >= 4 is 12.1 Å². The molecule has 0 spiro atoms. The number of carbonyl (C=O) groups is 1. The average molecular weight is 126 g/mol. The fourth-order valence-corrected chi connectivity index (χ4v) is 0.452. The normalized spacial score (nSPS) is 16.0. The van der Waals surface area contributed by atoms with Gasteiger partial charge in [0.05, 0.1) is 4.92 Å². The van der Waals surface area contributed by atoms with Crippen LogP contribution in [-0.2, 0) is 4.79 Å². The lowest BCUT2D eigenvalue weighted by atomic mass is 10.4. The molecule has 1 rings (SSSR count). The highest BCUT2D eigenvalue weighted by Gasteiger charge is 2.22. The Bertz CT molecular complexity index is 228. The summed E-state index contributed by atoms with van der Waals surface area (Å²) in [7, 11) is 0. The van der Waals surface area contributed by atoms with Crippen molar-refractivity contribution in [1.82, 2.24) is 0 Å². The Morgan fingerprint density at radius 1 is 1.67 bits per heavy atom. The van der Waals surface area contributed by atoms with Gasteiger partial charge in [0.1, 0.15) is 0 Å². The molecule has 5 nitrogen and oxygen atoms in total. The Morgan fingerprint density at radius 2 is 2.33 bits per heavy atom. The lowest BCUT2D eigenvalue weighted by Gasteiger charge is -1.82. The molecular formula is C4H2N2O3. The molecule has 0 aromatic rings. The Balaban J connectivity index is 2.88. The largest absolute Gasteiger partial charge is 0.347 e. The van der Waals surface area contributed by atoms with Gasteiger partial charge in [-0.1, -0.05) is 0 Å². The molecule has 0 aliphatic carbocycles. The van der Waals surface area contributed by atoms with Crippen molar-refractivity contribution in [1.29, 1.82) is 0 Å². The summed E-state index contributed by atoms with van der Waals surface area (Å²) in [6.07, 6.45) is 2.18. The number of carbonyl (C=O) groups excluding carboxylic acids is 1. The smallest absolute Gasteiger partial charge is 0.259 e. The van der Waals surface area contributed by atoms with E-state index in [0.717, 1.165) is 12.3 Å². The van der Waals surface area contributed by atoms with Gasteiger partial charge >= 0.3 is 11.6 Å². The Labute approximate surface area is 49.8 Å². The first-order valence-corrected chi connectivity index (χ1v) is 2.15. The molecular weight excluding hydrogens is 124 g/mol. The highest BCUT2D eigenvalue weighted by molar-refractivity contribution is 6.05. The van der Waals surface area contributed by atoms with Gasteiger partial charge in [0.15, 0.2) is 0 Å². The summed E-state index contributed by atoms with van der Waals surface area (Å²) >= 11 is 0. The van der Waals surface area contributed by atoms with Crippen LogP contribution in [0.5, 0.6) is 0 Å². The minimum absolute atomic E-state index is 0.463. The van der Waals surface area contributed by atoms with Gasteiger partial charge in [0.25, 0.3) is 0 Å². The number of aliphatic imine (C=N–C) groups is 1. The predicted molar refractivity (Wildman–Crippen MR) is 28.6 cm³/mol. The number of hydrogen-bond acceptors (Lipinski definition) is 3. The Hall–Kier alpha value is -1.52. The molecule has 0 atom stereocenters. The van der Waals surface area contributed by atoms with Crippen LogP contribution in [0.15, 0.2) is 16.8 Å². The maximum atomic E-state index is 10.3. The standard InChI is InChI=1S/C4H2N2O3/c7-4-3(6(8)9)1-2-5-4/h1-2H. The molecule has 1 heterocycles. The Kier molecular flexibility index (Phi) is 1.11. The van der Waals surface area contributed by atoms with Crippen LogP contribution in [0.25, 0.3) is 0 Å². The zero-order valence-corrected chi connectivity index (χ0v) is 4.27. The maximum Gasteiger partial charge on any atom is 0.347 e. The molecule has 9 heavy (non-hydrogen) atoms. The molecule has 0 radical (unpaired) electrons. The number of hydrogen-bond donors (Lipinski definition) is 0. The topological polar surface area (TPSA) is 72.6 Å². The summed E-state index contributed by atoms with van der Waals surface area (Å²) in [5.41, 5.74) is -0.463. The Morgan fingerprint density at radius 3 is 2.56 bits per heavy atom. The minimum atomic E-state index is -0.778. The predicted octanol–water partition coefficient (Wildman–Crippen LogP) is -0.242. The molecule has 0 saturated carbocycles. The fraction of sp³-hybridized carbons (Fsp3) is 0. The van der Waals surface area contributed by atoms with Crippen molar-refractivity contribution in [2.75, 3.05) is 0 Å². The summed E-state index contributed by atoms with van der Waals surface area (Å²) in [6.45, 7) is 0. The summed E-state index contributed by atoms with van der Waals surface area (Å²) in [5.74, 6) is -0.778. The van der Waals surface area contributed by atoms with E-state index in [-0.39, 0.29) is 0 Å². The van der Waals surface area contributed by atoms with E-state index in [2.05, 4.69) is 4.99 Å². The van der Waals surface area contributed by atoms with Crippen molar-refractivity contribution in [3.05, 3.63) is 21.9 Å². The van der Waals surface area contributed by atoms with Crippen LogP contribution in [-0.4, -0.2) is 17.0 Å². The van der Waals surface area contributed by atoms with Crippen LogP contribution in [0.1, 0.15) is 0 Å². The van der Waals surface area contributed by atoms with Crippen LogP contribution < -0.4 is 0 Å². The molecule has 5 heteroatoms. The number of allylic oxidation sites excluding steroid dienone is 1. The van der Waals surface area contributed by atoms with Gasteiger partial charge in [-0.25, -0.2) is 4.99 Å². The van der Waals surface area contributed by atoms with Gasteiger partial charge < -0.3 is 0 Å². The first-order valence-electron chi connectivity index (χ1n) is 2.15. The lowest BCUT2D eigenvalue weighted by molar-refractivity contribution is -0.418. The summed E-state index contributed by atoms with van der Waals surface area (Å²) in [6, 6.07) is 0. The first-order chi connectivity index (χ1) is 4.22. The third-order valence-electron chi connectivity index (χ3n) is 0.840. The molecule has 1 aliphatic rings. The van der Waals surface area contributed by atoms with Gasteiger partial charge in [-0.3, -0.25) is 14.9 Å². The van der Waals surface area contributed by atoms with Crippen LogP contribution in [0.3, 0.4) is 0 Å². The van der Waals surface area contributed by atoms with Crippen LogP contribution >= 0.6 is 0 Å². The van der Waals surface area contributed by atoms with Crippen LogP contribution in [0.2, 0.25) is 0 Å². The molecule has 0 fully saturated rings. The third-order valence-corrected chi connectivity index (χ3v) is 0.840. The van der Waals surface area contributed by atoms with Gasteiger partial charge in [-0.05, 0) is 0 Å². The van der Waals surface area contributed by atoms with Gasteiger partial charge in [0, 0.05) is 12.3 Å². The van der Waals surface area contributed by atoms with E-state index in [9.17, 15) is 14.9 Å². The second-order valence-electron chi connectivity index (χ2n) is 1.39. The summed E-state index contributed by atoms with van der Waals surface area (Å²) < 4.78 is 0. The van der Waals surface area contributed by atoms with Crippen molar-refractivity contribution < 1.29 is 9.72 Å². The van der Waals surface area contributed by atoms with Crippen LogP contribution in [0, 0.1) is 10.1 Å². The fourth-order valence-electron chi connectivity index (χ4n) is 0.452. The van der Waals surface area contributed by atoms with E-state index in [4.69, 9.17) is 0 Å². The minimum Gasteiger partial charge on any atom is -0.259 e. The SMILES string of the molecule is O=C1N=CC=C1[N+](=O)[O-]. The third kappa shape index (κ3) is 0.835. The molecule has 1 aliphatic heterocycles. The number of nitro groups is 1. The molecule has 0 unspecified atom stereocenters. The second kappa shape index (κ2) is 1.77. The monoisotopic (exact) mass is 126 g/mol. The van der Waals surface area contributed by atoms with E-state index in [1.54, 1.807) is 0 Å². The molecule has 0 saturated heterocycles. The zero-order valence-electron chi connectivity index (χ0n) is 4.27. The van der Waals surface area contributed by atoms with Crippen LogP contribution in [0.4, 0.5) is 0 Å². The number of amides is 1. The van der Waals surface area contributed by atoms with Gasteiger partial charge in [-0.2, -0.15) is 0 Å². The number of rotatable bonds is 1. The molecule has 46 valence electrons. The van der Waals surface area contributed by atoms with Gasteiger partial charge in [0.2, 0.25) is 0 Å². The van der Waals surface area contributed by atoms with E-state index in [0.29, 0.717) is 0 Å². The van der Waals surface area contributed by atoms with Crippen molar-refractivity contribution in [2.45, 2.75) is 0 Å². The molecule has 1 amide bonds. The van der Waals surface area contributed by atoms with E-state index in [1.165, 1.54) is 0 Å². The highest BCUT2D eigenvalue weighted by Crippen LogP contribution is 2.01. The molecule has 0 aromatic heterocycles. The average Bonchev–Trinajstić information content (AvgIpc) is 2.13. The van der Waals surface area contributed by atoms with Gasteiger partial charge in [-0.15, -0.1) is 0 Å². The summed E-state index contributed by atoms with van der Waals surface area (Å²) in [5, 5.41) is 9.85. The molecule has 0 bridgehead atoms. The van der Waals surface area contributed by atoms with E-state index >= 15 is 0 Å². The lowest BCUT2D eigenvalue weighted by Crippen LogP contribution is -2.04. The van der Waals surface area contributed by atoms with Crippen molar-refractivity contribution in [3.8, 4) is 0 Å². The maximum absolute atomic E-state index is 10.3.